The van der Waals surface area contributed by atoms with Crippen LogP contribution < -0.4 is 9.47 Å². The molecule has 0 aliphatic rings. The molecule has 0 amide bonds. The van der Waals surface area contributed by atoms with Crippen molar-refractivity contribution in [2.45, 2.75) is 5.60 Å². The van der Waals surface area contributed by atoms with Gasteiger partial charge in [0.05, 0.1) is 14.2 Å². The van der Waals surface area contributed by atoms with Crippen LogP contribution in [0, 0.1) is 11.8 Å². The van der Waals surface area contributed by atoms with Gasteiger partial charge >= 0.3 is 0 Å². The second-order valence-electron chi connectivity index (χ2n) is 6.22. The Kier molecular flexibility index (Phi) is 6.16. The highest BCUT2D eigenvalue weighted by atomic mass is 16.5. The summed E-state index contributed by atoms with van der Waals surface area (Å²) < 4.78 is 10.4. The second-order valence-corrected chi connectivity index (χ2v) is 6.22. The number of methoxy groups -OCH3 is 2. The zero-order chi connectivity index (χ0) is 19.8. The van der Waals surface area contributed by atoms with E-state index in [2.05, 4.69) is 11.8 Å². The Morgan fingerprint density at radius 3 is 1.93 bits per heavy atom. The molecule has 1 N–H and O–H groups in total. The van der Waals surface area contributed by atoms with Gasteiger partial charge in [-0.2, -0.15) is 0 Å². The van der Waals surface area contributed by atoms with E-state index in [4.69, 9.17) is 9.47 Å². The van der Waals surface area contributed by atoms with Crippen LogP contribution in [0.3, 0.4) is 0 Å². The molecule has 28 heavy (non-hydrogen) atoms. The Morgan fingerprint density at radius 2 is 1.36 bits per heavy atom. The molecular weight excluding hydrogens is 348 g/mol. The maximum atomic E-state index is 11.3. The lowest BCUT2D eigenvalue weighted by molar-refractivity contribution is 0.155. The fourth-order valence-electron chi connectivity index (χ4n) is 2.68. The second kappa shape index (κ2) is 8.94. The monoisotopic (exact) mass is 370 g/mol. The van der Waals surface area contributed by atoms with Gasteiger partial charge in [-0.3, -0.25) is 0 Å². The van der Waals surface area contributed by atoms with E-state index in [1.54, 1.807) is 20.3 Å². The van der Waals surface area contributed by atoms with Crippen molar-refractivity contribution >= 4 is 6.08 Å². The summed E-state index contributed by atoms with van der Waals surface area (Å²) in [5.74, 6) is 7.56. The highest BCUT2D eigenvalue weighted by molar-refractivity contribution is 5.55. The van der Waals surface area contributed by atoms with Crippen LogP contribution in [0.1, 0.15) is 16.7 Å². The quantitative estimate of drug-likeness (QED) is 0.664. The van der Waals surface area contributed by atoms with E-state index in [0.29, 0.717) is 5.56 Å². The van der Waals surface area contributed by atoms with Crippen LogP contribution in [0.25, 0.3) is 6.08 Å². The Bertz CT molecular complexity index is 978. The van der Waals surface area contributed by atoms with Crippen LogP contribution in [0.5, 0.6) is 11.5 Å². The van der Waals surface area contributed by atoms with Gasteiger partial charge < -0.3 is 14.6 Å². The van der Waals surface area contributed by atoms with E-state index in [9.17, 15) is 5.11 Å². The molecule has 0 radical (unpaired) electrons. The fraction of sp³-hybridized carbons (Fsp3) is 0.120. The van der Waals surface area contributed by atoms with E-state index in [1.807, 2.05) is 84.9 Å². The first-order valence-corrected chi connectivity index (χ1v) is 8.91. The molecule has 0 spiro atoms. The molecule has 0 aliphatic carbocycles. The van der Waals surface area contributed by atoms with Crippen molar-refractivity contribution in [2.75, 3.05) is 14.2 Å². The van der Waals surface area contributed by atoms with E-state index in [-0.39, 0.29) is 0 Å². The van der Waals surface area contributed by atoms with Crippen LogP contribution in [0.2, 0.25) is 0 Å². The lowest BCUT2D eigenvalue weighted by Crippen LogP contribution is -2.20. The van der Waals surface area contributed by atoms with Gasteiger partial charge in [-0.1, -0.05) is 60.4 Å². The van der Waals surface area contributed by atoms with Gasteiger partial charge in [0.2, 0.25) is 0 Å². The first-order chi connectivity index (χ1) is 13.6. The first kappa shape index (κ1) is 19.3. The van der Waals surface area contributed by atoms with Crippen molar-refractivity contribution in [3.8, 4) is 23.3 Å². The number of hydrogen-bond donors (Lipinski definition) is 1. The summed E-state index contributed by atoms with van der Waals surface area (Å²) in [5.41, 5.74) is 1.00. The summed E-state index contributed by atoms with van der Waals surface area (Å²) in [5, 5.41) is 11.3. The molecule has 1 unspecified atom stereocenters. The van der Waals surface area contributed by atoms with Crippen molar-refractivity contribution in [3.63, 3.8) is 0 Å². The smallest absolute Gasteiger partial charge is 0.170 e. The van der Waals surface area contributed by atoms with Crippen molar-refractivity contribution < 1.29 is 14.6 Å². The third kappa shape index (κ3) is 4.82. The van der Waals surface area contributed by atoms with Gasteiger partial charge in [0, 0.05) is 11.1 Å². The molecule has 3 nitrogen and oxygen atoms in total. The highest BCUT2D eigenvalue weighted by Crippen LogP contribution is 2.26. The van der Waals surface area contributed by atoms with Crippen LogP contribution in [0.15, 0.2) is 84.9 Å². The maximum absolute atomic E-state index is 11.3. The minimum absolute atomic E-state index is 0.668. The zero-order valence-corrected chi connectivity index (χ0v) is 15.9. The number of ether oxygens (including phenoxy) is 2. The summed E-state index contributed by atoms with van der Waals surface area (Å²) in [6, 6.07) is 24.5. The number of aliphatic hydroxyl groups is 1. The Morgan fingerprint density at radius 1 is 0.786 bits per heavy atom. The average molecular weight is 370 g/mol. The van der Waals surface area contributed by atoms with Crippen LogP contribution in [-0.4, -0.2) is 19.3 Å². The zero-order valence-electron chi connectivity index (χ0n) is 15.9. The third-order valence-corrected chi connectivity index (χ3v) is 4.33. The molecule has 0 fully saturated rings. The molecule has 3 aromatic rings. The van der Waals surface area contributed by atoms with Gasteiger partial charge in [0.1, 0.15) is 11.5 Å². The van der Waals surface area contributed by atoms with Crippen LogP contribution in [0.4, 0.5) is 0 Å². The van der Waals surface area contributed by atoms with Gasteiger partial charge in [-0.15, -0.1) is 0 Å². The summed E-state index contributed by atoms with van der Waals surface area (Å²) in [6.07, 6.45) is 3.58. The molecule has 0 heterocycles. The van der Waals surface area contributed by atoms with Crippen molar-refractivity contribution in [2.24, 2.45) is 0 Å². The Hall–Kier alpha value is -3.48. The summed E-state index contributed by atoms with van der Waals surface area (Å²) in [4.78, 5) is 0. The van der Waals surface area contributed by atoms with Gasteiger partial charge in [-0.25, -0.2) is 0 Å². The molecule has 3 heteroatoms. The van der Waals surface area contributed by atoms with E-state index in [1.165, 1.54) is 0 Å². The molecule has 3 rings (SSSR count). The largest absolute Gasteiger partial charge is 0.497 e. The summed E-state index contributed by atoms with van der Waals surface area (Å²) in [6.45, 7) is 0. The van der Waals surface area contributed by atoms with E-state index in [0.717, 1.165) is 22.6 Å². The van der Waals surface area contributed by atoms with E-state index >= 15 is 0 Å². The Balaban J connectivity index is 1.97. The molecule has 140 valence electrons. The van der Waals surface area contributed by atoms with Crippen LogP contribution in [-0.2, 0) is 5.60 Å². The number of hydrogen-bond acceptors (Lipinski definition) is 3. The van der Waals surface area contributed by atoms with Gasteiger partial charge in [-0.05, 0) is 48.0 Å². The van der Waals surface area contributed by atoms with Crippen molar-refractivity contribution in [1.82, 2.24) is 0 Å². The Labute approximate surface area is 165 Å². The molecule has 1 atom stereocenters. The molecule has 0 saturated heterocycles. The van der Waals surface area contributed by atoms with Crippen molar-refractivity contribution in [1.29, 1.82) is 0 Å². The lowest BCUT2D eigenvalue weighted by atomic mass is 9.92. The standard InChI is InChI=1S/C25H22O3/c1-27-23-12-8-21(9-13-23)17-19-25(26,18-16-20-6-4-3-5-7-20)22-10-14-24(28-2)15-11-22/h3-16,18,26H,1-2H3/b18-16+. The topological polar surface area (TPSA) is 38.7 Å². The molecule has 0 bridgehead atoms. The number of benzene rings is 3. The SMILES string of the molecule is COc1ccc(C#CC(O)(/C=C/c2ccccc2)c2ccc(OC)cc2)cc1. The van der Waals surface area contributed by atoms with E-state index < -0.39 is 5.60 Å². The maximum Gasteiger partial charge on any atom is 0.170 e. The number of rotatable bonds is 5. The van der Waals surface area contributed by atoms with Crippen LogP contribution >= 0.6 is 0 Å². The normalized spacial score (nSPS) is 12.7. The predicted molar refractivity (Wildman–Crippen MR) is 112 cm³/mol. The summed E-state index contributed by atoms with van der Waals surface area (Å²) in [7, 11) is 3.23. The van der Waals surface area contributed by atoms with Gasteiger partial charge in [0.15, 0.2) is 5.60 Å². The lowest BCUT2D eigenvalue weighted by Gasteiger charge is -2.19. The minimum Gasteiger partial charge on any atom is -0.497 e. The van der Waals surface area contributed by atoms with Crippen molar-refractivity contribution in [3.05, 3.63) is 102 Å². The highest BCUT2D eigenvalue weighted by Gasteiger charge is 2.23. The fourth-order valence-corrected chi connectivity index (χ4v) is 2.68. The first-order valence-electron chi connectivity index (χ1n) is 8.91. The minimum atomic E-state index is -1.44. The molecule has 0 aromatic heterocycles. The third-order valence-electron chi connectivity index (χ3n) is 4.33. The molecule has 3 aromatic carbocycles. The molecular formula is C25H22O3. The average Bonchev–Trinajstić information content (AvgIpc) is 2.77. The molecule has 0 saturated carbocycles. The molecule has 0 aliphatic heterocycles. The summed E-state index contributed by atoms with van der Waals surface area (Å²) >= 11 is 0. The van der Waals surface area contributed by atoms with Gasteiger partial charge in [0.25, 0.3) is 0 Å². The predicted octanol–water partition coefficient (Wildman–Crippen LogP) is 4.66.